The van der Waals surface area contributed by atoms with Gasteiger partial charge in [-0.2, -0.15) is 0 Å². The molecular weight excluding hydrogens is 190 g/mol. The number of aromatic nitrogens is 2. The van der Waals surface area contributed by atoms with E-state index in [4.69, 9.17) is 0 Å². The number of likely N-dealkylation sites (tertiary alicyclic amines) is 1. The third-order valence-electron chi connectivity index (χ3n) is 2.60. The number of aryl methyl sites for hydroxylation is 1. The summed E-state index contributed by atoms with van der Waals surface area (Å²) in [5, 5.41) is 0. The van der Waals surface area contributed by atoms with Crippen molar-refractivity contribution >= 4 is 6.29 Å². The smallest absolute Gasteiger partial charge is 0.168 e. The van der Waals surface area contributed by atoms with Crippen LogP contribution in [-0.2, 0) is 6.54 Å². The van der Waals surface area contributed by atoms with E-state index in [1.54, 1.807) is 6.07 Å². The molecule has 0 radical (unpaired) electrons. The summed E-state index contributed by atoms with van der Waals surface area (Å²) in [6, 6.07) is 1.71. The zero-order chi connectivity index (χ0) is 10.7. The van der Waals surface area contributed by atoms with Crippen molar-refractivity contribution in [2.45, 2.75) is 26.3 Å². The van der Waals surface area contributed by atoms with E-state index < -0.39 is 0 Å². The second-order valence-corrected chi connectivity index (χ2v) is 3.95. The highest BCUT2D eigenvalue weighted by Gasteiger charge is 2.13. The van der Waals surface area contributed by atoms with Crippen LogP contribution in [0.4, 0.5) is 0 Å². The molecule has 4 heteroatoms. The molecule has 1 aliphatic heterocycles. The van der Waals surface area contributed by atoms with Crippen LogP contribution < -0.4 is 0 Å². The first-order chi connectivity index (χ1) is 7.28. The molecule has 0 N–H and O–H groups in total. The van der Waals surface area contributed by atoms with Gasteiger partial charge in [-0.15, -0.1) is 0 Å². The third kappa shape index (κ3) is 2.59. The minimum absolute atomic E-state index is 0.483. The quantitative estimate of drug-likeness (QED) is 0.695. The van der Waals surface area contributed by atoms with E-state index in [2.05, 4.69) is 14.9 Å². The normalized spacial score (nSPS) is 16.9. The Hall–Kier alpha value is -1.29. The number of aldehydes is 1. The number of carbonyl (C=O) groups excluding carboxylic acids is 1. The zero-order valence-electron chi connectivity index (χ0n) is 8.94. The number of hydrogen-bond acceptors (Lipinski definition) is 4. The summed E-state index contributed by atoms with van der Waals surface area (Å²) < 4.78 is 0. The molecule has 0 atom stereocenters. The molecule has 2 heterocycles. The molecule has 0 unspecified atom stereocenters. The van der Waals surface area contributed by atoms with Gasteiger partial charge < -0.3 is 0 Å². The molecule has 1 aromatic heterocycles. The van der Waals surface area contributed by atoms with Crippen LogP contribution in [0.15, 0.2) is 6.07 Å². The van der Waals surface area contributed by atoms with E-state index >= 15 is 0 Å². The molecule has 1 saturated heterocycles. The van der Waals surface area contributed by atoms with Crippen LogP contribution in [0, 0.1) is 6.92 Å². The van der Waals surface area contributed by atoms with E-state index in [-0.39, 0.29) is 0 Å². The molecule has 2 rings (SSSR count). The number of hydrogen-bond donors (Lipinski definition) is 0. The Morgan fingerprint density at radius 1 is 1.40 bits per heavy atom. The van der Waals surface area contributed by atoms with Gasteiger partial charge in [-0.3, -0.25) is 9.69 Å². The predicted octanol–water partition coefficient (Wildman–Crippen LogP) is 1.19. The highest BCUT2D eigenvalue weighted by molar-refractivity contribution is 5.71. The van der Waals surface area contributed by atoms with E-state index in [0.717, 1.165) is 37.4 Å². The fourth-order valence-electron chi connectivity index (χ4n) is 1.93. The van der Waals surface area contributed by atoms with Crippen LogP contribution in [0.2, 0.25) is 0 Å². The largest absolute Gasteiger partial charge is 0.296 e. The first kappa shape index (κ1) is 10.2. The first-order valence-electron chi connectivity index (χ1n) is 5.30. The third-order valence-corrected chi connectivity index (χ3v) is 2.60. The van der Waals surface area contributed by atoms with Gasteiger partial charge >= 0.3 is 0 Å². The van der Waals surface area contributed by atoms with Gasteiger partial charge in [-0.1, -0.05) is 0 Å². The van der Waals surface area contributed by atoms with Gasteiger partial charge in [-0.25, -0.2) is 9.97 Å². The van der Waals surface area contributed by atoms with Gasteiger partial charge in [0.25, 0.3) is 0 Å². The lowest BCUT2D eigenvalue weighted by Gasteiger charge is -2.13. The molecular formula is C11H15N3O. The Kier molecular flexibility index (Phi) is 3.06. The maximum absolute atomic E-state index is 10.6. The van der Waals surface area contributed by atoms with Gasteiger partial charge in [0.05, 0.1) is 6.54 Å². The summed E-state index contributed by atoms with van der Waals surface area (Å²) in [6.07, 6.45) is 3.29. The molecule has 0 aromatic carbocycles. The lowest BCUT2D eigenvalue weighted by Crippen LogP contribution is -2.20. The van der Waals surface area contributed by atoms with Gasteiger partial charge in [0.1, 0.15) is 11.5 Å². The van der Waals surface area contributed by atoms with Gasteiger partial charge in [0.15, 0.2) is 6.29 Å². The topological polar surface area (TPSA) is 46.1 Å². The van der Waals surface area contributed by atoms with Crippen LogP contribution in [0.3, 0.4) is 0 Å². The van der Waals surface area contributed by atoms with Crippen molar-refractivity contribution in [1.82, 2.24) is 14.9 Å². The SMILES string of the molecule is Cc1cc(C=O)nc(CN2CCCC2)n1. The van der Waals surface area contributed by atoms with Crippen molar-refractivity contribution in [3.8, 4) is 0 Å². The second kappa shape index (κ2) is 4.49. The Labute approximate surface area is 89.3 Å². The fraction of sp³-hybridized carbons (Fsp3) is 0.545. The van der Waals surface area contributed by atoms with E-state index in [9.17, 15) is 4.79 Å². The van der Waals surface area contributed by atoms with Crippen LogP contribution in [0.5, 0.6) is 0 Å². The molecule has 4 nitrogen and oxygen atoms in total. The first-order valence-corrected chi connectivity index (χ1v) is 5.30. The number of carbonyl (C=O) groups is 1. The summed E-state index contributed by atoms with van der Waals surface area (Å²) in [4.78, 5) is 21.5. The lowest BCUT2D eigenvalue weighted by atomic mass is 10.3. The minimum atomic E-state index is 0.483. The van der Waals surface area contributed by atoms with Crippen LogP contribution >= 0.6 is 0 Å². The van der Waals surface area contributed by atoms with Crippen molar-refractivity contribution in [2.24, 2.45) is 0 Å². The van der Waals surface area contributed by atoms with E-state index in [1.807, 2.05) is 6.92 Å². The Morgan fingerprint density at radius 3 is 2.80 bits per heavy atom. The van der Waals surface area contributed by atoms with Crippen molar-refractivity contribution in [1.29, 1.82) is 0 Å². The molecule has 0 saturated carbocycles. The van der Waals surface area contributed by atoms with E-state index in [1.165, 1.54) is 12.8 Å². The summed E-state index contributed by atoms with van der Waals surface area (Å²) in [5.74, 6) is 0.763. The van der Waals surface area contributed by atoms with Crippen molar-refractivity contribution in [2.75, 3.05) is 13.1 Å². The van der Waals surface area contributed by atoms with Crippen molar-refractivity contribution < 1.29 is 4.79 Å². The van der Waals surface area contributed by atoms with E-state index in [0.29, 0.717) is 5.69 Å². The Morgan fingerprint density at radius 2 is 2.13 bits per heavy atom. The summed E-state index contributed by atoms with van der Waals surface area (Å²) in [6.45, 7) is 4.89. The summed E-state index contributed by atoms with van der Waals surface area (Å²) in [5.41, 5.74) is 1.35. The zero-order valence-corrected chi connectivity index (χ0v) is 8.94. The molecule has 1 aromatic rings. The Balaban J connectivity index is 2.12. The van der Waals surface area contributed by atoms with Crippen LogP contribution in [0.25, 0.3) is 0 Å². The molecule has 0 bridgehead atoms. The molecule has 80 valence electrons. The molecule has 0 spiro atoms. The maximum Gasteiger partial charge on any atom is 0.168 e. The lowest BCUT2D eigenvalue weighted by molar-refractivity contribution is 0.111. The Bertz CT molecular complexity index is 359. The molecule has 1 fully saturated rings. The summed E-state index contributed by atoms with van der Waals surface area (Å²) >= 11 is 0. The maximum atomic E-state index is 10.6. The molecule has 1 aliphatic rings. The predicted molar refractivity (Wildman–Crippen MR) is 56.7 cm³/mol. The molecule has 0 amide bonds. The van der Waals surface area contributed by atoms with Crippen LogP contribution in [-0.4, -0.2) is 34.2 Å². The number of nitrogens with zero attached hydrogens (tertiary/aromatic N) is 3. The number of rotatable bonds is 3. The van der Waals surface area contributed by atoms with Gasteiger partial charge in [-0.05, 0) is 38.9 Å². The summed E-state index contributed by atoms with van der Waals surface area (Å²) in [7, 11) is 0. The molecule has 0 aliphatic carbocycles. The standard InChI is InChI=1S/C11H15N3O/c1-9-6-10(8-15)13-11(12-9)7-14-4-2-3-5-14/h6,8H,2-5,7H2,1H3. The second-order valence-electron chi connectivity index (χ2n) is 3.95. The van der Waals surface area contributed by atoms with Crippen molar-refractivity contribution in [3.05, 3.63) is 23.3 Å². The molecule has 15 heavy (non-hydrogen) atoms. The highest BCUT2D eigenvalue weighted by Crippen LogP contribution is 2.10. The van der Waals surface area contributed by atoms with Crippen LogP contribution in [0.1, 0.15) is 34.8 Å². The van der Waals surface area contributed by atoms with Crippen molar-refractivity contribution in [3.63, 3.8) is 0 Å². The van der Waals surface area contributed by atoms with Gasteiger partial charge in [0, 0.05) is 5.69 Å². The van der Waals surface area contributed by atoms with Gasteiger partial charge in [0.2, 0.25) is 0 Å². The average Bonchev–Trinajstić information content (AvgIpc) is 2.69. The highest BCUT2D eigenvalue weighted by atomic mass is 16.1. The minimum Gasteiger partial charge on any atom is -0.296 e. The monoisotopic (exact) mass is 205 g/mol. The fourth-order valence-corrected chi connectivity index (χ4v) is 1.93. The average molecular weight is 205 g/mol.